The third-order valence-corrected chi connectivity index (χ3v) is 6.77. The van der Waals surface area contributed by atoms with E-state index in [0.29, 0.717) is 15.8 Å². The van der Waals surface area contributed by atoms with Gasteiger partial charge in [-0.05, 0) is 34.7 Å². The minimum atomic E-state index is -1.17. The van der Waals surface area contributed by atoms with Crippen molar-refractivity contribution in [3.63, 3.8) is 0 Å². The summed E-state index contributed by atoms with van der Waals surface area (Å²) in [5, 5.41) is 19.0. The number of nitrogens with zero attached hydrogens (tertiary/aromatic N) is 1. The maximum Gasteiger partial charge on any atom is 0.404 e. The summed E-state index contributed by atoms with van der Waals surface area (Å²) in [6, 6.07) is 14.2. The standard InChI is InChI=1S/C25H25ClN4O3S/c1-25(2,3)20(29-24(32)33)19(14-8-5-4-6-9-14)23(31)28-17-12-15(13-34-17)18-16-10-7-11-27-22(16)30-21(18)26/h4-13,19-20,29H,1-3H3,(H,27,30)(H,28,31)(H,32,33). The second-order valence-corrected chi connectivity index (χ2v) is 10.4. The first-order valence-corrected chi connectivity index (χ1v) is 12.0. The van der Waals surface area contributed by atoms with Gasteiger partial charge in [0, 0.05) is 22.5 Å². The number of benzene rings is 1. The summed E-state index contributed by atoms with van der Waals surface area (Å²) in [5.74, 6) is -1.02. The van der Waals surface area contributed by atoms with Gasteiger partial charge in [0.05, 0.1) is 17.0 Å². The molecule has 2 unspecified atom stereocenters. The fourth-order valence-electron chi connectivity index (χ4n) is 4.09. The highest BCUT2D eigenvalue weighted by Gasteiger charge is 2.39. The number of aromatic nitrogens is 2. The highest BCUT2D eigenvalue weighted by molar-refractivity contribution is 7.14. The monoisotopic (exact) mass is 496 g/mol. The molecule has 0 radical (unpaired) electrons. The number of amides is 2. The first-order chi connectivity index (χ1) is 16.1. The van der Waals surface area contributed by atoms with Crippen molar-refractivity contribution < 1.29 is 14.7 Å². The van der Waals surface area contributed by atoms with Crippen LogP contribution in [0.5, 0.6) is 0 Å². The van der Waals surface area contributed by atoms with Gasteiger partial charge in [0.1, 0.15) is 10.8 Å². The molecule has 7 nitrogen and oxygen atoms in total. The van der Waals surface area contributed by atoms with Crippen LogP contribution in [-0.4, -0.2) is 33.1 Å². The average molecular weight is 497 g/mol. The van der Waals surface area contributed by atoms with E-state index in [0.717, 1.165) is 22.1 Å². The van der Waals surface area contributed by atoms with Gasteiger partial charge in [0.25, 0.3) is 0 Å². The van der Waals surface area contributed by atoms with E-state index in [2.05, 4.69) is 20.6 Å². The third-order valence-electron chi connectivity index (χ3n) is 5.65. The summed E-state index contributed by atoms with van der Waals surface area (Å²) in [4.78, 5) is 32.5. The van der Waals surface area contributed by atoms with Crippen molar-refractivity contribution in [1.29, 1.82) is 0 Å². The van der Waals surface area contributed by atoms with Crippen molar-refractivity contribution in [1.82, 2.24) is 15.3 Å². The van der Waals surface area contributed by atoms with E-state index in [1.807, 2.05) is 74.7 Å². The number of hydrogen-bond donors (Lipinski definition) is 4. The van der Waals surface area contributed by atoms with Gasteiger partial charge in [0.15, 0.2) is 0 Å². The molecule has 0 aliphatic carbocycles. The molecule has 0 aliphatic rings. The highest BCUT2D eigenvalue weighted by atomic mass is 35.5. The zero-order valence-corrected chi connectivity index (χ0v) is 20.5. The molecule has 2 atom stereocenters. The van der Waals surface area contributed by atoms with Crippen LogP contribution < -0.4 is 10.6 Å². The average Bonchev–Trinajstić information content (AvgIpc) is 3.35. The molecule has 4 aromatic rings. The van der Waals surface area contributed by atoms with Crippen LogP contribution in [0.15, 0.2) is 60.1 Å². The van der Waals surface area contributed by atoms with Crippen LogP contribution in [0.3, 0.4) is 0 Å². The Morgan fingerprint density at radius 3 is 2.56 bits per heavy atom. The topological polar surface area (TPSA) is 107 Å². The maximum absolute atomic E-state index is 13.6. The summed E-state index contributed by atoms with van der Waals surface area (Å²) in [6.45, 7) is 5.73. The van der Waals surface area contributed by atoms with E-state index in [1.54, 1.807) is 6.20 Å². The Morgan fingerprint density at radius 2 is 1.88 bits per heavy atom. The number of aromatic amines is 1. The van der Waals surface area contributed by atoms with E-state index in [-0.39, 0.29) is 5.91 Å². The van der Waals surface area contributed by atoms with Crippen LogP contribution in [0.4, 0.5) is 9.80 Å². The zero-order valence-electron chi connectivity index (χ0n) is 18.9. The normalized spacial score (nSPS) is 13.4. The van der Waals surface area contributed by atoms with Crippen LogP contribution >= 0.6 is 22.9 Å². The SMILES string of the molecule is CC(C)(C)C(NC(=O)O)C(C(=O)Nc1cc(-c2c(Cl)[nH]c3ncccc23)cs1)c1ccccc1. The Bertz CT molecular complexity index is 1330. The van der Waals surface area contributed by atoms with E-state index in [1.165, 1.54) is 11.3 Å². The molecule has 4 N–H and O–H groups in total. The number of hydrogen-bond acceptors (Lipinski definition) is 4. The number of nitrogens with one attached hydrogen (secondary N) is 3. The quantitative estimate of drug-likeness (QED) is 0.249. The molecule has 3 aromatic heterocycles. The van der Waals surface area contributed by atoms with Crippen LogP contribution in [0.1, 0.15) is 32.3 Å². The fraction of sp³-hybridized carbons (Fsp3) is 0.240. The first-order valence-electron chi connectivity index (χ1n) is 10.7. The molecule has 176 valence electrons. The van der Waals surface area contributed by atoms with Crippen LogP contribution in [-0.2, 0) is 4.79 Å². The van der Waals surface area contributed by atoms with E-state index in [9.17, 15) is 14.7 Å². The summed E-state index contributed by atoms with van der Waals surface area (Å²) in [6.07, 6.45) is 0.522. The number of carboxylic acid groups (broad SMARTS) is 1. The molecule has 0 bridgehead atoms. The Balaban J connectivity index is 1.67. The number of carbonyl (C=O) groups is 2. The molecule has 9 heteroatoms. The van der Waals surface area contributed by atoms with Crippen LogP contribution in [0.2, 0.25) is 5.15 Å². The number of carbonyl (C=O) groups excluding carboxylic acids is 1. The van der Waals surface area contributed by atoms with Gasteiger partial charge in [-0.1, -0.05) is 62.7 Å². The van der Waals surface area contributed by atoms with Gasteiger partial charge in [0.2, 0.25) is 5.91 Å². The molecule has 1 aromatic carbocycles. The van der Waals surface area contributed by atoms with Gasteiger partial charge in [-0.2, -0.15) is 0 Å². The fourth-order valence-corrected chi connectivity index (χ4v) is 5.19. The predicted octanol–water partition coefficient (Wildman–Crippen LogP) is 6.35. The van der Waals surface area contributed by atoms with Crippen molar-refractivity contribution in [3.05, 3.63) is 70.8 Å². The summed E-state index contributed by atoms with van der Waals surface area (Å²) in [5.41, 5.74) is 2.59. The second kappa shape index (κ2) is 9.48. The van der Waals surface area contributed by atoms with E-state index in [4.69, 9.17) is 11.6 Å². The predicted molar refractivity (Wildman–Crippen MR) is 137 cm³/mol. The van der Waals surface area contributed by atoms with Crippen molar-refractivity contribution in [2.45, 2.75) is 32.7 Å². The molecular formula is C25H25ClN4O3S. The molecule has 0 fully saturated rings. The van der Waals surface area contributed by atoms with Crippen molar-refractivity contribution in [3.8, 4) is 11.1 Å². The molecule has 4 rings (SSSR count). The second-order valence-electron chi connectivity index (χ2n) is 9.08. The Kier molecular flexibility index (Phi) is 6.63. The van der Waals surface area contributed by atoms with E-state index < -0.39 is 23.5 Å². The van der Waals surface area contributed by atoms with Gasteiger partial charge in [-0.3, -0.25) is 4.79 Å². The summed E-state index contributed by atoms with van der Waals surface area (Å²) >= 11 is 7.82. The number of fused-ring (bicyclic) bond motifs is 1. The van der Waals surface area contributed by atoms with Crippen LogP contribution in [0, 0.1) is 5.41 Å². The van der Waals surface area contributed by atoms with Gasteiger partial charge in [-0.25, -0.2) is 9.78 Å². The molecular weight excluding hydrogens is 472 g/mol. The molecule has 0 saturated carbocycles. The van der Waals surface area contributed by atoms with Crippen LogP contribution in [0.25, 0.3) is 22.2 Å². The largest absolute Gasteiger partial charge is 0.465 e. The van der Waals surface area contributed by atoms with Crippen molar-refractivity contribution in [2.75, 3.05) is 5.32 Å². The number of rotatable bonds is 6. The zero-order chi connectivity index (χ0) is 24.5. The Morgan fingerprint density at radius 1 is 1.15 bits per heavy atom. The first kappa shape index (κ1) is 23.8. The number of anilines is 1. The minimum absolute atomic E-state index is 0.292. The number of halogens is 1. The summed E-state index contributed by atoms with van der Waals surface area (Å²) < 4.78 is 0. The lowest BCUT2D eigenvalue weighted by Crippen LogP contribution is -2.50. The third kappa shape index (κ3) is 4.93. The Labute approximate surface area is 206 Å². The number of thiophene rings is 1. The molecule has 0 saturated heterocycles. The molecule has 2 amide bonds. The van der Waals surface area contributed by atoms with Gasteiger partial charge < -0.3 is 20.7 Å². The molecule has 0 spiro atoms. The van der Waals surface area contributed by atoms with Gasteiger partial charge in [-0.15, -0.1) is 11.3 Å². The Hall–Kier alpha value is -3.36. The van der Waals surface area contributed by atoms with E-state index >= 15 is 0 Å². The highest BCUT2D eigenvalue weighted by Crippen LogP contribution is 2.39. The number of pyridine rings is 1. The lowest BCUT2D eigenvalue weighted by molar-refractivity contribution is -0.118. The maximum atomic E-state index is 13.6. The number of H-pyrrole nitrogens is 1. The molecule has 3 heterocycles. The van der Waals surface area contributed by atoms with Crippen molar-refractivity contribution >= 4 is 51.0 Å². The molecule has 34 heavy (non-hydrogen) atoms. The van der Waals surface area contributed by atoms with Crippen molar-refractivity contribution in [2.24, 2.45) is 5.41 Å². The van der Waals surface area contributed by atoms with Gasteiger partial charge >= 0.3 is 6.09 Å². The lowest BCUT2D eigenvalue weighted by Gasteiger charge is -2.36. The summed E-state index contributed by atoms with van der Waals surface area (Å²) in [7, 11) is 0. The smallest absolute Gasteiger partial charge is 0.404 e. The lowest BCUT2D eigenvalue weighted by atomic mass is 9.75. The molecule has 0 aliphatic heterocycles. The minimum Gasteiger partial charge on any atom is -0.465 e.